The van der Waals surface area contributed by atoms with E-state index in [4.69, 9.17) is 0 Å². The Kier molecular flexibility index (Phi) is 3.34. The van der Waals surface area contributed by atoms with Gasteiger partial charge in [-0.05, 0) is 64.0 Å². The fourth-order valence-corrected chi connectivity index (χ4v) is 3.74. The summed E-state index contributed by atoms with van der Waals surface area (Å²) in [5.41, 5.74) is 2.76. The Morgan fingerprint density at radius 2 is 2.10 bits per heavy atom. The summed E-state index contributed by atoms with van der Waals surface area (Å²) in [7, 11) is 0. The molecule has 1 unspecified atom stereocenters. The zero-order valence-electron chi connectivity index (χ0n) is 12.1. The van der Waals surface area contributed by atoms with Crippen LogP contribution in [0, 0.1) is 5.92 Å². The van der Waals surface area contributed by atoms with Crippen molar-refractivity contribution in [3.63, 3.8) is 0 Å². The molecule has 1 aromatic heterocycles. The van der Waals surface area contributed by atoms with Crippen molar-refractivity contribution in [2.45, 2.75) is 51.0 Å². The van der Waals surface area contributed by atoms with Crippen molar-refractivity contribution in [1.82, 2.24) is 15.3 Å². The molecule has 0 bridgehead atoms. The third kappa shape index (κ3) is 2.41. The summed E-state index contributed by atoms with van der Waals surface area (Å²) in [6.07, 6.45) is 10.7. The summed E-state index contributed by atoms with van der Waals surface area (Å²) >= 11 is 0. The Morgan fingerprint density at radius 3 is 2.90 bits per heavy atom. The lowest BCUT2D eigenvalue weighted by molar-refractivity contribution is 0.375. The van der Waals surface area contributed by atoms with Crippen molar-refractivity contribution in [2.75, 3.05) is 24.5 Å². The normalized spacial score (nSPS) is 25.5. The van der Waals surface area contributed by atoms with Crippen molar-refractivity contribution in [1.29, 1.82) is 0 Å². The Balaban J connectivity index is 1.58. The third-order valence-electron chi connectivity index (χ3n) is 4.97. The molecule has 0 radical (unpaired) electrons. The summed E-state index contributed by atoms with van der Waals surface area (Å²) in [6, 6.07) is 0.747. The summed E-state index contributed by atoms with van der Waals surface area (Å²) in [4.78, 5) is 11.8. The monoisotopic (exact) mass is 272 g/mol. The highest BCUT2D eigenvalue weighted by molar-refractivity contribution is 5.52. The minimum atomic E-state index is 0.747. The van der Waals surface area contributed by atoms with E-state index >= 15 is 0 Å². The molecule has 4 nitrogen and oxygen atoms in total. The molecule has 1 saturated heterocycles. The van der Waals surface area contributed by atoms with E-state index in [2.05, 4.69) is 20.2 Å². The van der Waals surface area contributed by atoms with Gasteiger partial charge in [0.2, 0.25) is 0 Å². The zero-order chi connectivity index (χ0) is 13.4. The lowest BCUT2D eigenvalue weighted by Crippen LogP contribution is -2.40. The van der Waals surface area contributed by atoms with Gasteiger partial charge in [-0.3, -0.25) is 0 Å². The van der Waals surface area contributed by atoms with Crippen molar-refractivity contribution < 1.29 is 0 Å². The molecule has 0 amide bonds. The van der Waals surface area contributed by atoms with E-state index in [1.54, 1.807) is 6.33 Å². The van der Waals surface area contributed by atoms with E-state index < -0.39 is 0 Å². The van der Waals surface area contributed by atoms with Gasteiger partial charge in [-0.2, -0.15) is 0 Å². The first kappa shape index (κ1) is 12.6. The molecular weight excluding hydrogens is 248 g/mol. The number of piperidine rings is 1. The van der Waals surface area contributed by atoms with Gasteiger partial charge in [0, 0.05) is 23.8 Å². The van der Waals surface area contributed by atoms with Crippen LogP contribution in [0.1, 0.15) is 43.4 Å². The van der Waals surface area contributed by atoms with Crippen LogP contribution in [0.15, 0.2) is 6.33 Å². The highest BCUT2D eigenvalue weighted by Crippen LogP contribution is 2.36. The summed E-state index contributed by atoms with van der Waals surface area (Å²) in [5.74, 6) is 2.05. The van der Waals surface area contributed by atoms with Crippen LogP contribution in [0.2, 0.25) is 0 Å². The summed E-state index contributed by atoms with van der Waals surface area (Å²) < 4.78 is 0. The lowest BCUT2D eigenvalue weighted by atomic mass is 9.98. The molecule has 2 heterocycles. The predicted octanol–water partition coefficient (Wildman–Crippen LogP) is 1.93. The number of aromatic nitrogens is 2. The minimum Gasteiger partial charge on any atom is -0.353 e. The number of nitrogens with zero attached hydrogens (tertiary/aromatic N) is 3. The molecule has 1 aliphatic heterocycles. The molecule has 0 spiro atoms. The molecule has 4 rings (SSSR count). The SMILES string of the molecule is c1nc2c(c(N(CC3CCCNC3)C3CC3)n1)CCC2. The molecule has 3 aliphatic rings. The number of rotatable bonds is 4. The second-order valence-electron chi connectivity index (χ2n) is 6.57. The first-order valence-corrected chi connectivity index (χ1v) is 8.22. The van der Waals surface area contributed by atoms with Crippen LogP contribution in [-0.2, 0) is 12.8 Å². The molecular formula is C16H24N4. The highest BCUT2D eigenvalue weighted by atomic mass is 15.2. The van der Waals surface area contributed by atoms with Crippen LogP contribution in [0.25, 0.3) is 0 Å². The number of hydrogen-bond donors (Lipinski definition) is 1. The average Bonchev–Trinajstić information content (AvgIpc) is 3.22. The first-order chi connectivity index (χ1) is 9.92. The topological polar surface area (TPSA) is 41.1 Å². The van der Waals surface area contributed by atoms with Gasteiger partial charge in [-0.25, -0.2) is 9.97 Å². The van der Waals surface area contributed by atoms with Crippen LogP contribution in [-0.4, -0.2) is 35.6 Å². The fraction of sp³-hybridized carbons (Fsp3) is 0.750. The second-order valence-corrected chi connectivity index (χ2v) is 6.57. The molecule has 4 heteroatoms. The maximum Gasteiger partial charge on any atom is 0.135 e. The van der Waals surface area contributed by atoms with Gasteiger partial charge >= 0.3 is 0 Å². The van der Waals surface area contributed by atoms with E-state index in [1.807, 2.05) is 0 Å². The molecule has 1 N–H and O–H groups in total. The van der Waals surface area contributed by atoms with Gasteiger partial charge in [0.15, 0.2) is 0 Å². The second kappa shape index (κ2) is 5.32. The Hall–Kier alpha value is -1.16. The van der Waals surface area contributed by atoms with E-state index in [1.165, 1.54) is 75.2 Å². The number of fused-ring (bicyclic) bond motifs is 1. The standard InChI is InChI=1S/C16H24N4/c1-4-14-15(5-1)18-11-19-16(14)20(13-6-7-13)10-12-3-2-8-17-9-12/h11-13,17H,1-10H2. The van der Waals surface area contributed by atoms with Gasteiger partial charge in [0.25, 0.3) is 0 Å². The Bertz CT molecular complexity index is 477. The molecule has 108 valence electrons. The van der Waals surface area contributed by atoms with E-state index in [-0.39, 0.29) is 0 Å². The van der Waals surface area contributed by atoms with Crippen LogP contribution >= 0.6 is 0 Å². The zero-order valence-corrected chi connectivity index (χ0v) is 12.1. The quantitative estimate of drug-likeness (QED) is 0.909. The third-order valence-corrected chi connectivity index (χ3v) is 4.97. The number of anilines is 1. The maximum atomic E-state index is 4.67. The maximum absolute atomic E-state index is 4.67. The molecule has 1 aromatic rings. The van der Waals surface area contributed by atoms with Crippen molar-refractivity contribution in [3.05, 3.63) is 17.6 Å². The smallest absolute Gasteiger partial charge is 0.135 e. The van der Waals surface area contributed by atoms with E-state index in [0.29, 0.717) is 0 Å². The van der Waals surface area contributed by atoms with Crippen molar-refractivity contribution in [3.8, 4) is 0 Å². The fourth-order valence-electron chi connectivity index (χ4n) is 3.74. The number of nitrogens with one attached hydrogen (secondary N) is 1. The molecule has 20 heavy (non-hydrogen) atoms. The van der Waals surface area contributed by atoms with Crippen molar-refractivity contribution >= 4 is 5.82 Å². The van der Waals surface area contributed by atoms with Gasteiger partial charge < -0.3 is 10.2 Å². The van der Waals surface area contributed by atoms with Crippen LogP contribution in [0.3, 0.4) is 0 Å². The molecule has 2 aliphatic carbocycles. The summed E-state index contributed by atoms with van der Waals surface area (Å²) in [5, 5.41) is 3.54. The Morgan fingerprint density at radius 1 is 1.15 bits per heavy atom. The van der Waals surface area contributed by atoms with Crippen molar-refractivity contribution in [2.24, 2.45) is 5.92 Å². The average molecular weight is 272 g/mol. The van der Waals surface area contributed by atoms with Crippen LogP contribution in [0.5, 0.6) is 0 Å². The molecule has 1 atom stereocenters. The van der Waals surface area contributed by atoms with E-state index in [0.717, 1.165) is 18.4 Å². The molecule has 0 aromatic carbocycles. The van der Waals surface area contributed by atoms with Crippen LogP contribution < -0.4 is 10.2 Å². The minimum absolute atomic E-state index is 0.747. The number of aryl methyl sites for hydroxylation is 1. The van der Waals surface area contributed by atoms with Gasteiger partial charge in [-0.15, -0.1) is 0 Å². The van der Waals surface area contributed by atoms with Gasteiger partial charge in [0.05, 0.1) is 0 Å². The van der Waals surface area contributed by atoms with Gasteiger partial charge in [-0.1, -0.05) is 0 Å². The summed E-state index contributed by atoms with van der Waals surface area (Å²) in [6.45, 7) is 3.56. The first-order valence-electron chi connectivity index (χ1n) is 8.22. The molecule has 1 saturated carbocycles. The lowest BCUT2D eigenvalue weighted by Gasteiger charge is -2.32. The predicted molar refractivity (Wildman–Crippen MR) is 80.0 cm³/mol. The van der Waals surface area contributed by atoms with E-state index in [9.17, 15) is 0 Å². The highest BCUT2D eigenvalue weighted by Gasteiger charge is 2.34. The van der Waals surface area contributed by atoms with Gasteiger partial charge in [0.1, 0.15) is 12.1 Å². The molecule has 2 fully saturated rings. The number of hydrogen-bond acceptors (Lipinski definition) is 4. The Labute approximate surface area is 121 Å². The largest absolute Gasteiger partial charge is 0.353 e. The van der Waals surface area contributed by atoms with Crippen LogP contribution in [0.4, 0.5) is 5.82 Å².